The van der Waals surface area contributed by atoms with Gasteiger partial charge in [-0.15, -0.1) is 0 Å². The number of ether oxygens (including phenoxy) is 1. The Labute approximate surface area is 84.1 Å². The zero-order valence-corrected chi connectivity index (χ0v) is 8.54. The summed E-state index contributed by atoms with van der Waals surface area (Å²) in [4.78, 5) is 21.6. The summed E-state index contributed by atoms with van der Waals surface area (Å²) in [5.41, 5.74) is 0.966. The van der Waals surface area contributed by atoms with Gasteiger partial charge in [-0.05, 0) is 31.3 Å². The van der Waals surface area contributed by atoms with E-state index in [4.69, 9.17) is 4.74 Å². The molecule has 0 unspecified atom stereocenters. The molecule has 14 heavy (non-hydrogen) atoms. The van der Waals surface area contributed by atoms with Crippen molar-refractivity contribution in [2.45, 2.75) is 39.0 Å². The normalized spacial score (nSPS) is 18.9. The van der Waals surface area contributed by atoms with Crippen LogP contribution in [-0.2, 0) is 14.3 Å². The van der Waals surface area contributed by atoms with Crippen molar-refractivity contribution in [1.82, 2.24) is 0 Å². The first kappa shape index (κ1) is 11.0. The fraction of sp³-hybridized carbons (Fsp3) is 0.636. The van der Waals surface area contributed by atoms with Gasteiger partial charge in [0.15, 0.2) is 5.78 Å². The molecule has 1 rings (SSSR count). The van der Waals surface area contributed by atoms with Crippen LogP contribution in [0.25, 0.3) is 0 Å². The van der Waals surface area contributed by atoms with Crippen molar-refractivity contribution in [3.8, 4) is 0 Å². The highest BCUT2D eigenvalue weighted by atomic mass is 16.5. The summed E-state index contributed by atoms with van der Waals surface area (Å²) in [5.74, 6) is 0.0482. The predicted molar refractivity (Wildman–Crippen MR) is 52.8 cm³/mol. The maximum atomic E-state index is 11.2. The summed E-state index contributed by atoms with van der Waals surface area (Å²) in [7, 11) is 0. The second-order valence-corrected chi connectivity index (χ2v) is 3.49. The standard InChI is InChI=1S/C11H16O3/c1-9(12)14-8-3-2-5-10-6-4-7-11(10)13/h5H,2-4,6-8H2,1H3/b10-5-. The molecule has 3 heteroatoms. The number of rotatable bonds is 4. The highest BCUT2D eigenvalue weighted by Crippen LogP contribution is 2.20. The summed E-state index contributed by atoms with van der Waals surface area (Å²) in [6.07, 6.45) is 6.24. The lowest BCUT2D eigenvalue weighted by Crippen LogP contribution is -2.00. The van der Waals surface area contributed by atoms with E-state index in [9.17, 15) is 9.59 Å². The Hall–Kier alpha value is -1.12. The van der Waals surface area contributed by atoms with Gasteiger partial charge in [-0.2, -0.15) is 0 Å². The van der Waals surface area contributed by atoms with Crippen LogP contribution in [0.4, 0.5) is 0 Å². The van der Waals surface area contributed by atoms with Crippen LogP contribution in [0.5, 0.6) is 0 Å². The first-order chi connectivity index (χ1) is 6.70. The van der Waals surface area contributed by atoms with Gasteiger partial charge in [0.1, 0.15) is 0 Å². The lowest BCUT2D eigenvalue weighted by molar-refractivity contribution is -0.141. The van der Waals surface area contributed by atoms with E-state index in [0.717, 1.165) is 31.3 Å². The summed E-state index contributed by atoms with van der Waals surface area (Å²) < 4.78 is 4.78. The molecule has 3 nitrogen and oxygen atoms in total. The maximum absolute atomic E-state index is 11.2. The van der Waals surface area contributed by atoms with Crippen LogP contribution in [0, 0.1) is 0 Å². The molecule has 0 heterocycles. The molecule has 0 aromatic heterocycles. The monoisotopic (exact) mass is 196 g/mol. The number of Topliss-reactive ketones (excluding diaryl/α,β-unsaturated/α-hetero) is 1. The molecule has 0 bridgehead atoms. The minimum absolute atomic E-state index is 0.241. The molecule has 0 atom stereocenters. The third-order valence-corrected chi connectivity index (χ3v) is 2.25. The highest BCUT2D eigenvalue weighted by Gasteiger charge is 2.15. The Bertz CT molecular complexity index is 253. The van der Waals surface area contributed by atoms with E-state index in [-0.39, 0.29) is 11.8 Å². The molecule has 1 fully saturated rings. The van der Waals surface area contributed by atoms with E-state index in [1.165, 1.54) is 6.92 Å². The molecule has 0 aromatic rings. The number of hydrogen-bond acceptors (Lipinski definition) is 3. The number of carbonyl (C=O) groups excluding carboxylic acids is 2. The molecular weight excluding hydrogens is 180 g/mol. The van der Waals surface area contributed by atoms with Gasteiger partial charge in [-0.3, -0.25) is 9.59 Å². The van der Waals surface area contributed by atoms with Gasteiger partial charge in [0, 0.05) is 13.3 Å². The molecular formula is C11H16O3. The number of allylic oxidation sites excluding steroid dienone is 2. The largest absolute Gasteiger partial charge is 0.466 e. The van der Waals surface area contributed by atoms with Crippen LogP contribution in [-0.4, -0.2) is 18.4 Å². The van der Waals surface area contributed by atoms with Crippen LogP contribution in [0.3, 0.4) is 0 Å². The van der Waals surface area contributed by atoms with Gasteiger partial charge >= 0.3 is 5.97 Å². The van der Waals surface area contributed by atoms with E-state index >= 15 is 0 Å². The second-order valence-electron chi connectivity index (χ2n) is 3.49. The maximum Gasteiger partial charge on any atom is 0.302 e. The smallest absolute Gasteiger partial charge is 0.302 e. The molecule has 0 spiro atoms. The highest BCUT2D eigenvalue weighted by molar-refractivity contribution is 5.97. The van der Waals surface area contributed by atoms with Crippen LogP contribution in [0.2, 0.25) is 0 Å². The molecule has 0 amide bonds. The van der Waals surface area contributed by atoms with E-state index in [1.54, 1.807) is 0 Å². The Kier molecular flexibility index (Phi) is 4.36. The molecule has 1 aliphatic rings. The molecule has 0 aromatic carbocycles. The summed E-state index contributed by atoms with van der Waals surface area (Å²) in [6, 6.07) is 0. The van der Waals surface area contributed by atoms with Gasteiger partial charge in [0.25, 0.3) is 0 Å². The SMILES string of the molecule is CC(=O)OCCC/C=C1/CCCC1=O. The van der Waals surface area contributed by atoms with E-state index in [0.29, 0.717) is 13.0 Å². The molecule has 78 valence electrons. The van der Waals surface area contributed by atoms with Crippen molar-refractivity contribution >= 4 is 11.8 Å². The number of carbonyl (C=O) groups is 2. The quantitative estimate of drug-likeness (QED) is 0.392. The third kappa shape index (κ3) is 3.73. The first-order valence-corrected chi connectivity index (χ1v) is 5.06. The van der Waals surface area contributed by atoms with Gasteiger partial charge in [-0.1, -0.05) is 6.08 Å². The zero-order chi connectivity index (χ0) is 10.4. The Morgan fingerprint density at radius 3 is 2.86 bits per heavy atom. The molecule has 0 saturated heterocycles. The third-order valence-electron chi connectivity index (χ3n) is 2.25. The van der Waals surface area contributed by atoms with Crippen LogP contribution in [0.15, 0.2) is 11.6 Å². The van der Waals surface area contributed by atoms with Gasteiger partial charge < -0.3 is 4.74 Å². The summed E-state index contributed by atoms with van der Waals surface area (Å²) >= 11 is 0. The van der Waals surface area contributed by atoms with E-state index in [2.05, 4.69) is 0 Å². The molecule has 1 saturated carbocycles. The minimum Gasteiger partial charge on any atom is -0.466 e. The Morgan fingerprint density at radius 2 is 2.29 bits per heavy atom. The van der Waals surface area contributed by atoms with E-state index in [1.807, 2.05) is 6.08 Å². The summed E-state index contributed by atoms with van der Waals surface area (Å²) in [6.45, 7) is 1.85. The Morgan fingerprint density at radius 1 is 1.50 bits per heavy atom. The summed E-state index contributed by atoms with van der Waals surface area (Å²) in [5, 5.41) is 0. The number of ketones is 1. The van der Waals surface area contributed by atoms with Crippen LogP contribution >= 0.6 is 0 Å². The fourth-order valence-corrected chi connectivity index (χ4v) is 1.53. The first-order valence-electron chi connectivity index (χ1n) is 5.06. The fourth-order valence-electron chi connectivity index (χ4n) is 1.53. The molecule has 0 radical (unpaired) electrons. The van der Waals surface area contributed by atoms with Gasteiger partial charge in [0.2, 0.25) is 0 Å². The number of unbranched alkanes of at least 4 members (excludes halogenated alkanes) is 1. The lowest BCUT2D eigenvalue weighted by atomic mass is 10.1. The molecule has 0 N–H and O–H groups in total. The van der Waals surface area contributed by atoms with Gasteiger partial charge in [0.05, 0.1) is 6.61 Å². The van der Waals surface area contributed by atoms with Gasteiger partial charge in [-0.25, -0.2) is 0 Å². The van der Waals surface area contributed by atoms with Crippen molar-refractivity contribution in [2.75, 3.05) is 6.61 Å². The van der Waals surface area contributed by atoms with Crippen LogP contribution < -0.4 is 0 Å². The van der Waals surface area contributed by atoms with Crippen molar-refractivity contribution in [1.29, 1.82) is 0 Å². The predicted octanol–water partition coefficient (Wildman–Crippen LogP) is 2.01. The van der Waals surface area contributed by atoms with Crippen molar-refractivity contribution in [3.05, 3.63) is 11.6 Å². The van der Waals surface area contributed by atoms with Crippen molar-refractivity contribution in [3.63, 3.8) is 0 Å². The van der Waals surface area contributed by atoms with Crippen LogP contribution in [0.1, 0.15) is 39.0 Å². The number of hydrogen-bond donors (Lipinski definition) is 0. The van der Waals surface area contributed by atoms with Crippen molar-refractivity contribution < 1.29 is 14.3 Å². The molecule has 1 aliphatic carbocycles. The number of esters is 1. The minimum atomic E-state index is -0.241. The zero-order valence-electron chi connectivity index (χ0n) is 8.54. The molecule has 0 aliphatic heterocycles. The van der Waals surface area contributed by atoms with E-state index < -0.39 is 0 Å². The lowest BCUT2D eigenvalue weighted by Gasteiger charge is -1.99. The average molecular weight is 196 g/mol. The average Bonchev–Trinajstić information content (AvgIpc) is 2.51. The topological polar surface area (TPSA) is 43.4 Å². The Balaban J connectivity index is 2.13. The second kappa shape index (κ2) is 5.58. The van der Waals surface area contributed by atoms with Crippen molar-refractivity contribution in [2.24, 2.45) is 0 Å².